The van der Waals surface area contributed by atoms with Crippen LogP contribution in [0.1, 0.15) is 20.3 Å². The Labute approximate surface area is 98.9 Å². The zero-order chi connectivity index (χ0) is 12.8. The summed E-state index contributed by atoms with van der Waals surface area (Å²) in [6, 6.07) is 0. The van der Waals surface area contributed by atoms with Crippen molar-refractivity contribution >= 4 is 26.6 Å². The molecule has 0 amide bonds. The van der Waals surface area contributed by atoms with E-state index in [1.54, 1.807) is 13.8 Å². The van der Waals surface area contributed by atoms with Crippen LogP contribution in [0.15, 0.2) is 0 Å². The first-order chi connectivity index (χ1) is 7.31. The van der Waals surface area contributed by atoms with Crippen LogP contribution in [-0.4, -0.2) is 48.2 Å². The van der Waals surface area contributed by atoms with E-state index < -0.39 is 31.9 Å². The van der Waals surface area contributed by atoms with Crippen LogP contribution in [0.5, 0.6) is 0 Å². The molecule has 0 saturated heterocycles. The smallest absolute Gasteiger partial charge is 0.321 e. The van der Waals surface area contributed by atoms with Crippen LogP contribution in [0.2, 0.25) is 0 Å². The number of hydrogen-bond donors (Lipinski definition) is 0. The molecule has 0 aromatic carbocycles. The average Bonchev–Trinajstić information content (AvgIpc) is 2.15. The molecule has 0 N–H and O–H groups in total. The third-order valence-electron chi connectivity index (χ3n) is 1.89. The SMILES string of the molecule is CCOC(=O)C(CC)S(=O)CCS(C)(=O)=O. The van der Waals surface area contributed by atoms with Crippen LogP contribution in [-0.2, 0) is 30.2 Å². The van der Waals surface area contributed by atoms with Gasteiger partial charge in [-0.2, -0.15) is 0 Å². The molecular formula is C9H18O5S2. The second kappa shape index (κ2) is 7.01. The molecule has 2 atom stereocenters. The Balaban J connectivity index is 4.38. The molecule has 5 nitrogen and oxygen atoms in total. The van der Waals surface area contributed by atoms with E-state index in [9.17, 15) is 17.4 Å². The molecule has 16 heavy (non-hydrogen) atoms. The van der Waals surface area contributed by atoms with Crippen LogP contribution in [0.25, 0.3) is 0 Å². The van der Waals surface area contributed by atoms with Crippen LogP contribution in [0, 0.1) is 0 Å². The molecule has 0 aromatic rings. The summed E-state index contributed by atoms with van der Waals surface area (Å²) in [6.45, 7) is 3.63. The third kappa shape index (κ3) is 6.22. The first-order valence-electron chi connectivity index (χ1n) is 5.03. The lowest BCUT2D eigenvalue weighted by molar-refractivity contribution is -0.142. The van der Waals surface area contributed by atoms with Gasteiger partial charge in [0.25, 0.3) is 0 Å². The van der Waals surface area contributed by atoms with Crippen LogP contribution in [0.4, 0.5) is 0 Å². The van der Waals surface area contributed by atoms with E-state index in [0.29, 0.717) is 6.42 Å². The fraction of sp³-hybridized carbons (Fsp3) is 0.889. The maximum atomic E-state index is 11.7. The second-order valence-electron chi connectivity index (χ2n) is 3.36. The number of esters is 1. The Bertz CT molecular complexity index is 347. The monoisotopic (exact) mass is 270 g/mol. The summed E-state index contributed by atoms with van der Waals surface area (Å²) in [5.41, 5.74) is 0. The normalized spacial score (nSPS) is 15.4. The van der Waals surface area contributed by atoms with E-state index in [0.717, 1.165) is 6.26 Å². The zero-order valence-electron chi connectivity index (χ0n) is 9.76. The van der Waals surface area contributed by atoms with Crippen molar-refractivity contribution < 1.29 is 22.2 Å². The average molecular weight is 270 g/mol. The molecule has 0 aliphatic rings. The predicted octanol–water partition coefficient (Wildman–Crippen LogP) is 0.121. The summed E-state index contributed by atoms with van der Waals surface area (Å²) in [6.07, 6.45) is 1.46. The summed E-state index contributed by atoms with van der Waals surface area (Å²) < 4.78 is 38.2. The number of rotatable bonds is 7. The maximum Gasteiger partial charge on any atom is 0.321 e. The van der Waals surface area contributed by atoms with Gasteiger partial charge in [-0.1, -0.05) is 6.92 Å². The van der Waals surface area contributed by atoms with E-state index in [1.807, 2.05) is 0 Å². The van der Waals surface area contributed by atoms with E-state index >= 15 is 0 Å². The minimum absolute atomic E-state index is 0.0177. The first-order valence-corrected chi connectivity index (χ1v) is 8.47. The number of carbonyl (C=O) groups is 1. The molecule has 0 aromatic heterocycles. The minimum atomic E-state index is -3.14. The molecule has 7 heteroatoms. The molecule has 0 saturated carbocycles. The topological polar surface area (TPSA) is 77.5 Å². The van der Waals surface area contributed by atoms with Gasteiger partial charge < -0.3 is 4.74 Å². The minimum Gasteiger partial charge on any atom is -0.465 e. The van der Waals surface area contributed by atoms with Gasteiger partial charge in [0.15, 0.2) is 0 Å². The quantitative estimate of drug-likeness (QED) is 0.614. The van der Waals surface area contributed by atoms with Gasteiger partial charge in [0.05, 0.1) is 12.4 Å². The summed E-state index contributed by atoms with van der Waals surface area (Å²) in [7, 11) is -4.63. The Hall–Kier alpha value is -0.430. The number of sulfone groups is 1. The van der Waals surface area contributed by atoms with Crippen molar-refractivity contribution in [1.82, 2.24) is 0 Å². The maximum absolute atomic E-state index is 11.7. The van der Waals surface area contributed by atoms with Gasteiger partial charge in [0.1, 0.15) is 15.1 Å². The van der Waals surface area contributed by atoms with Crippen molar-refractivity contribution in [2.24, 2.45) is 0 Å². The Kier molecular flexibility index (Phi) is 6.82. The highest BCUT2D eigenvalue weighted by Gasteiger charge is 2.25. The van der Waals surface area contributed by atoms with Gasteiger partial charge in [-0.3, -0.25) is 9.00 Å². The summed E-state index contributed by atoms with van der Waals surface area (Å²) >= 11 is 0. The van der Waals surface area contributed by atoms with Gasteiger partial charge in [-0.15, -0.1) is 0 Å². The number of carbonyl (C=O) groups excluding carboxylic acids is 1. The summed E-state index contributed by atoms with van der Waals surface area (Å²) in [5, 5.41) is -0.721. The molecule has 0 bridgehead atoms. The van der Waals surface area contributed by atoms with Gasteiger partial charge >= 0.3 is 5.97 Å². The van der Waals surface area contributed by atoms with Gasteiger partial charge in [0.2, 0.25) is 0 Å². The highest BCUT2D eigenvalue weighted by atomic mass is 32.2. The number of hydrogen-bond acceptors (Lipinski definition) is 5. The number of ether oxygens (including phenoxy) is 1. The Morgan fingerprint density at radius 3 is 2.31 bits per heavy atom. The van der Waals surface area contributed by atoms with Crippen LogP contribution >= 0.6 is 0 Å². The van der Waals surface area contributed by atoms with Crippen molar-refractivity contribution in [2.45, 2.75) is 25.5 Å². The lowest BCUT2D eigenvalue weighted by Crippen LogP contribution is -2.30. The van der Waals surface area contributed by atoms with Gasteiger partial charge in [-0.05, 0) is 13.3 Å². The van der Waals surface area contributed by atoms with Crippen molar-refractivity contribution in [3.8, 4) is 0 Å². The van der Waals surface area contributed by atoms with E-state index in [2.05, 4.69) is 0 Å². The van der Waals surface area contributed by atoms with Crippen molar-refractivity contribution in [3.63, 3.8) is 0 Å². The van der Waals surface area contributed by atoms with Crippen molar-refractivity contribution in [3.05, 3.63) is 0 Å². The molecule has 96 valence electrons. The van der Waals surface area contributed by atoms with Gasteiger partial charge in [-0.25, -0.2) is 8.42 Å². The summed E-state index contributed by atoms with van der Waals surface area (Å²) in [5.74, 6) is -0.706. The standard InChI is InChI=1S/C9H18O5S2/c1-4-8(9(10)14-5-2)15(11)6-7-16(3,12)13/h8H,4-7H2,1-3H3. The fourth-order valence-electron chi connectivity index (χ4n) is 1.07. The largest absolute Gasteiger partial charge is 0.465 e. The second-order valence-corrected chi connectivity index (χ2v) is 7.36. The molecule has 0 fully saturated rings. The van der Waals surface area contributed by atoms with Crippen molar-refractivity contribution in [1.29, 1.82) is 0 Å². The Morgan fingerprint density at radius 1 is 1.38 bits per heavy atom. The molecule has 0 spiro atoms. The van der Waals surface area contributed by atoms with Crippen LogP contribution < -0.4 is 0 Å². The third-order valence-corrected chi connectivity index (χ3v) is 4.86. The molecular weight excluding hydrogens is 252 g/mol. The van der Waals surface area contributed by atoms with Gasteiger partial charge in [0, 0.05) is 22.8 Å². The first kappa shape index (κ1) is 15.6. The highest BCUT2D eigenvalue weighted by Crippen LogP contribution is 2.06. The molecule has 2 unspecified atom stereocenters. The zero-order valence-corrected chi connectivity index (χ0v) is 11.4. The molecule has 0 aliphatic carbocycles. The molecule has 0 heterocycles. The molecule has 0 aliphatic heterocycles. The van der Waals surface area contributed by atoms with E-state index in [4.69, 9.17) is 4.74 Å². The predicted molar refractivity (Wildman–Crippen MR) is 63.4 cm³/mol. The Morgan fingerprint density at radius 2 is 1.94 bits per heavy atom. The highest BCUT2D eigenvalue weighted by molar-refractivity contribution is 7.92. The molecule has 0 rings (SSSR count). The van der Waals surface area contributed by atoms with Crippen LogP contribution in [0.3, 0.4) is 0 Å². The van der Waals surface area contributed by atoms with Crippen molar-refractivity contribution in [2.75, 3.05) is 24.4 Å². The van der Waals surface area contributed by atoms with E-state index in [-0.39, 0.29) is 18.1 Å². The summed E-state index contributed by atoms with van der Waals surface area (Å²) in [4.78, 5) is 11.4. The van der Waals surface area contributed by atoms with E-state index in [1.165, 1.54) is 0 Å². The fourth-order valence-corrected chi connectivity index (χ4v) is 3.88. The lowest BCUT2D eigenvalue weighted by Gasteiger charge is -2.12. The molecule has 0 radical (unpaired) electrons. The lowest BCUT2D eigenvalue weighted by atomic mass is 10.3.